The van der Waals surface area contributed by atoms with Gasteiger partial charge in [0.05, 0.1) is 12.2 Å². The molecule has 1 aromatic carbocycles. The Morgan fingerprint density at radius 2 is 2.33 bits per heavy atom. The number of thioether (sulfide) groups is 1. The molecule has 15 heavy (non-hydrogen) atoms. The van der Waals surface area contributed by atoms with Gasteiger partial charge < -0.3 is 5.32 Å². The van der Waals surface area contributed by atoms with Crippen molar-refractivity contribution in [2.45, 2.75) is 19.1 Å². The summed E-state index contributed by atoms with van der Waals surface area (Å²) in [4.78, 5) is 4.42. The van der Waals surface area contributed by atoms with Crippen LogP contribution in [0.5, 0.6) is 0 Å². The third kappa shape index (κ3) is 2.75. The molecule has 1 N–H and O–H groups in total. The van der Waals surface area contributed by atoms with Crippen LogP contribution in [-0.2, 0) is 0 Å². The zero-order valence-corrected chi connectivity index (χ0v) is 11.2. The Hall–Kier alpha value is -0.480. The van der Waals surface area contributed by atoms with Gasteiger partial charge in [0.2, 0.25) is 0 Å². The third-order valence-electron chi connectivity index (χ3n) is 2.17. The monoisotopic (exact) mass is 284 g/mol. The van der Waals surface area contributed by atoms with Crippen LogP contribution in [0.1, 0.15) is 12.5 Å². The van der Waals surface area contributed by atoms with Crippen molar-refractivity contribution < 1.29 is 0 Å². The first-order valence-corrected chi connectivity index (χ1v) is 6.56. The SMILES string of the molecule is Cc1ccc(NC2=NCC(C)S2)c(Br)c1. The molecule has 4 heteroatoms. The van der Waals surface area contributed by atoms with E-state index in [9.17, 15) is 0 Å². The first kappa shape index (κ1) is 11.0. The van der Waals surface area contributed by atoms with E-state index < -0.39 is 0 Å². The molecule has 1 atom stereocenters. The summed E-state index contributed by atoms with van der Waals surface area (Å²) in [7, 11) is 0. The van der Waals surface area contributed by atoms with Gasteiger partial charge in [-0.2, -0.15) is 0 Å². The number of nitrogens with one attached hydrogen (secondary N) is 1. The highest BCUT2D eigenvalue weighted by atomic mass is 79.9. The van der Waals surface area contributed by atoms with E-state index >= 15 is 0 Å². The number of aliphatic imine (C=N–C) groups is 1. The summed E-state index contributed by atoms with van der Waals surface area (Å²) in [6, 6.07) is 6.27. The molecule has 0 radical (unpaired) electrons. The van der Waals surface area contributed by atoms with Gasteiger partial charge in [0.1, 0.15) is 0 Å². The van der Waals surface area contributed by atoms with Crippen molar-refractivity contribution in [3.63, 3.8) is 0 Å². The zero-order chi connectivity index (χ0) is 10.8. The molecule has 0 aliphatic carbocycles. The summed E-state index contributed by atoms with van der Waals surface area (Å²) in [6.07, 6.45) is 0. The van der Waals surface area contributed by atoms with Crippen molar-refractivity contribution in [2.24, 2.45) is 4.99 Å². The minimum Gasteiger partial charge on any atom is -0.334 e. The highest BCUT2D eigenvalue weighted by molar-refractivity contribution is 9.10. The summed E-state index contributed by atoms with van der Waals surface area (Å²) in [5, 5.41) is 4.95. The standard InChI is InChI=1S/C11H13BrN2S/c1-7-3-4-10(9(12)5-7)14-11-13-6-8(2)15-11/h3-5,8H,6H2,1-2H3,(H,13,14). The second-order valence-electron chi connectivity index (χ2n) is 3.68. The van der Waals surface area contributed by atoms with Crippen LogP contribution in [-0.4, -0.2) is 17.0 Å². The average Bonchev–Trinajstić information content (AvgIpc) is 2.56. The minimum atomic E-state index is 0.594. The van der Waals surface area contributed by atoms with Gasteiger partial charge in [0.25, 0.3) is 0 Å². The van der Waals surface area contributed by atoms with Crippen molar-refractivity contribution in [1.29, 1.82) is 0 Å². The normalized spacial score (nSPS) is 20.2. The molecule has 0 aromatic heterocycles. The van der Waals surface area contributed by atoms with Crippen LogP contribution >= 0.6 is 27.7 Å². The number of benzene rings is 1. The highest BCUT2D eigenvalue weighted by Gasteiger charge is 2.15. The van der Waals surface area contributed by atoms with Crippen molar-refractivity contribution in [2.75, 3.05) is 11.9 Å². The fourth-order valence-corrected chi connectivity index (χ4v) is 2.82. The summed E-state index contributed by atoms with van der Waals surface area (Å²) in [6.45, 7) is 5.18. The van der Waals surface area contributed by atoms with Gasteiger partial charge in [-0.05, 0) is 40.5 Å². The number of amidine groups is 1. The molecule has 0 fully saturated rings. The lowest BCUT2D eigenvalue weighted by Crippen LogP contribution is -2.06. The average molecular weight is 285 g/mol. The number of hydrogen-bond donors (Lipinski definition) is 1. The van der Waals surface area contributed by atoms with Gasteiger partial charge in [0.15, 0.2) is 5.17 Å². The molecule has 0 amide bonds. The van der Waals surface area contributed by atoms with E-state index in [0.717, 1.165) is 21.9 Å². The first-order chi connectivity index (χ1) is 7.15. The topological polar surface area (TPSA) is 24.4 Å². The van der Waals surface area contributed by atoms with Gasteiger partial charge in [0, 0.05) is 9.72 Å². The Kier molecular flexibility index (Phi) is 3.36. The summed E-state index contributed by atoms with van der Waals surface area (Å²) >= 11 is 5.33. The smallest absolute Gasteiger partial charge is 0.161 e. The lowest BCUT2D eigenvalue weighted by molar-refractivity contribution is 0.976. The number of nitrogens with zero attached hydrogens (tertiary/aromatic N) is 1. The van der Waals surface area contributed by atoms with E-state index in [0.29, 0.717) is 5.25 Å². The highest BCUT2D eigenvalue weighted by Crippen LogP contribution is 2.27. The number of hydrogen-bond acceptors (Lipinski definition) is 3. The Morgan fingerprint density at radius 1 is 1.53 bits per heavy atom. The maximum Gasteiger partial charge on any atom is 0.161 e. The summed E-state index contributed by atoms with van der Waals surface area (Å²) < 4.78 is 1.09. The van der Waals surface area contributed by atoms with Gasteiger partial charge in [-0.25, -0.2) is 0 Å². The van der Waals surface area contributed by atoms with E-state index in [1.54, 1.807) is 11.8 Å². The Balaban J connectivity index is 2.11. The van der Waals surface area contributed by atoms with Crippen LogP contribution in [0.2, 0.25) is 0 Å². The molecule has 1 aliphatic heterocycles. The Labute approximate surface area is 103 Å². The van der Waals surface area contributed by atoms with Crippen molar-refractivity contribution in [3.8, 4) is 0 Å². The van der Waals surface area contributed by atoms with Crippen LogP contribution in [0.4, 0.5) is 5.69 Å². The molecule has 0 bridgehead atoms. The maximum atomic E-state index is 4.42. The van der Waals surface area contributed by atoms with E-state index in [2.05, 4.69) is 58.3 Å². The molecular formula is C11H13BrN2S. The summed E-state index contributed by atoms with van der Waals surface area (Å²) in [5.74, 6) is 0. The van der Waals surface area contributed by atoms with Gasteiger partial charge in [-0.15, -0.1) is 0 Å². The predicted molar refractivity (Wildman–Crippen MR) is 71.9 cm³/mol. The van der Waals surface area contributed by atoms with E-state index in [1.807, 2.05) is 0 Å². The Morgan fingerprint density at radius 3 is 2.93 bits per heavy atom. The quantitative estimate of drug-likeness (QED) is 0.851. The fraction of sp³-hybridized carbons (Fsp3) is 0.364. The molecular weight excluding hydrogens is 272 g/mol. The first-order valence-electron chi connectivity index (χ1n) is 4.89. The van der Waals surface area contributed by atoms with Gasteiger partial charge >= 0.3 is 0 Å². The molecule has 0 saturated heterocycles. The molecule has 80 valence electrons. The fourth-order valence-electron chi connectivity index (χ4n) is 1.38. The Bertz CT molecular complexity index is 404. The van der Waals surface area contributed by atoms with Crippen LogP contribution in [0.25, 0.3) is 0 Å². The molecule has 1 aliphatic rings. The molecule has 1 heterocycles. The predicted octanol–water partition coefficient (Wildman–Crippen LogP) is 3.66. The molecule has 2 nitrogen and oxygen atoms in total. The number of anilines is 1. The lowest BCUT2D eigenvalue weighted by atomic mass is 10.2. The number of rotatable bonds is 1. The third-order valence-corrected chi connectivity index (χ3v) is 3.83. The van der Waals surface area contributed by atoms with E-state index in [4.69, 9.17) is 0 Å². The van der Waals surface area contributed by atoms with Crippen LogP contribution in [0.3, 0.4) is 0 Å². The van der Waals surface area contributed by atoms with Crippen molar-refractivity contribution in [1.82, 2.24) is 0 Å². The maximum absolute atomic E-state index is 4.42. The van der Waals surface area contributed by atoms with Crippen LogP contribution < -0.4 is 5.32 Å². The van der Waals surface area contributed by atoms with Crippen LogP contribution in [0.15, 0.2) is 27.7 Å². The largest absolute Gasteiger partial charge is 0.334 e. The molecule has 1 aromatic rings. The van der Waals surface area contributed by atoms with Crippen molar-refractivity contribution in [3.05, 3.63) is 28.2 Å². The van der Waals surface area contributed by atoms with Crippen molar-refractivity contribution >= 4 is 38.5 Å². The summed E-state index contributed by atoms with van der Waals surface area (Å²) in [5.41, 5.74) is 2.34. The van der Waals surface area contributed by atoms with Gasteiger partial charge in [-0.1, -0.05) is 24.8 Å². The lowest BCUT2D eigenvalue weighted by Gasteiger charge is -2.08. The second-order valence-corrected chi connectivity index (χ2v) is 5.96. The van der Waals surface area contributed by atoms with E-state index in [-0.39, 0.29) is 0 Å². The van der Waals surface area contributed by atoms with E-state index in [1.165, 1.54) is 5.56 Å². The molecule has 0 spiro atoms. The molecule has 1 unspecified atom stereocenters. The van der Waals surface area contributed by atoms with Crippen LogP contribution in [0, 0.1) is 6.92 Å². The molecule has 2 rings (SSSR count). The minimum absolute atomic E-state index is 0.594. The zero-order valence-electron chi connectivity index (χ0n) is 8.75. The second kappa shape index (κ2) is 4.58. The number of halogens is 1. The molecule has 0 saturated carbocycles. The number of aryl methyl sites for hydroxylation is 1. The van der Waals surface area contributed by atoms with Gasteiger partial charge in [-0.3, -0.25) is 4.99 Å².